The van der Waals surface area contributed by atoms with Crippen LogP contribution in [0, 0.1) is 5.41 Å². The van der Waals surface area contributed by atoms with Crippen molar-refractivity contribution in [1.82, 2.24) is 5.32 Å². The van der Waals surface area contributed by atoms with Gasteiger partial charge in [0, 0.05) is 0 Å². The molecule has 0 spiro atoms. The third-order valence-corrected chi connectivity index (χ3v) is 2.19. The van der Waals surface area contributed by atoms with Gasteiger partial charge in [-0.1, -0.05) is 20.8 Å². The van der Waals surface area contributed by atoms with Crippen LogP contribution < -0.4 is 11.1 Å². The number of hydrogen-bond donors (Lipinski definition) is 3. The molecule has 0 aromatic rings. The Morgan fingerprint density at radius 3 is 1.87 bits per heavy atom. The van der Waals surface area contributed by atoms with Crippen LogP contribution in [0.2, 0.25) is 0 Å². The first-order valence-electron chi connectivity index (χ1n) is 4.79. The lowest BCUT2D eigenvalue weighted by molar-refractivity contribution is -0.146. The van der Waals surface area contributed by atoms with Crippen LogP contribution in [-0.4, -0.2) is 28.6 Å². The van der Waals surface area contributed by atoms with E-state index in [1.165, 1.54) is 13.8 Å². The lowest BCUT2D eigenvalue weighted by atomic mass is 9.86. The number of carboxylic acids is 1. The Morgan fingerprint density at radius 1 is 1.20 bits per heavy atom. The second-order valence-corrected chi connectivity index (χ2v) is 5.26. The van der Waals surface area contributed by atoms with E-state index in [1.54, 1.807) is 0 Å². The highest BCUT2D eigenvalue weighted by atomic mass is 16.4. The lowest BCUT2D eigenvalue weighted by Crippen LogP contribution is -2.57. The van der Waals surface area contributed by atoms with Crippen LogP contribution in [0.25, 0.3) is 0 Å². The van der Waals surface area contributed by atoms with Crippen molar-refractivity contribution in [2.24, 2.45) is 11.1 Å². The van der Waals surface area contributed by atoms with Crippen LogP contribution >= 0.6 is 0 Å². The summed E-state index contributed by atoms with van der Waals surface area (Å²) in [6.07, 6.45) is 0. The Kier molecular flexibility index (Phi) is 3.88. The van der Waals surface area contributed by atoms with Crippen LogP contribution in [0.5, 0.6) is 0 Å². The monoisotopic (exact) mass is 216 g/mol. The van der Waals surface area contributed by atoms with E-state index < -0.39 is 28.9 Å². The molecule has 0 unspecified atom stereocenters. The summed E-state index contributed by atoms with van der Waals surface area (Å²) in [7, 11) is 0. The van der Waals surface area contributed by atoms with Crippen LogP contribution in [0.15, 0.2) is 0 Å². The molecule has 0 bridgehead atoms. The third-order valence-electron chi connectivity index (χ3n) is 2.19. The van der Waals surface area contributed by atoms with Gasteiger partial charge in [0.05, 0.1) is 6.04 Å². The standard InChI is InChI=1S/C10H20N2O3/c1-9(2,3)6(11)7(13)12-10(4,5)8(14)15/h6H,11H2,1-5H3,(H,12,13)(H,14,15)/t6-/m0/s1. The average molecular weight is 216 g/mol. The molecule has 0 heterocycles. The van der Waals surface area contributed by atoms with Gasteiger partial charge in [0.1, 0.15) is 5.54 Å². The molecule has 0 radical (unpaired) electrons. The molecule has 5 heteroatoms. The highest BCUT2D eigenvalue weighted by molar-refractivity contribution is 5.89. The van der Waals surface area contributed by atoms with E-state index >= 15 is 0 Å². The van der Waals surface area contributed by atoms with Crippen molar-refractivity contribution in [2.45, 2.75) is 46.2 Å². The van der Waals surface area contributed by atoms with E-state index in [0.717, 1.165) is 0 Å². The first-order chi connectivity index (χ1) is 6.48. The number of carboxylic acid groups (broad SMARTS) is 1. The normalized spacial score (nSPS) is 14.5. The molecule has 0 aliphatic carbocycles. The zero-order chi connectivity index (χ0) is 12.4. The summed E-state index contributed by atoms with van der Waals surface area (Å²) in [5.41, 5.74) is 4.01. The van der Waals surface area contributed by atoms with Crippen LogP contribution in [0.4, 0.5) is 0 Å². The van der Waals surface area contributed by atoms with Gasteiger partial charge in [0.15, 0.2) is 0 Å². The highest BCUT2D eigenvalue weighted by Crippen LogP contribution is 2.18. The van der Waals surface area contributed by atoms with E-state index in [0.29, 0.717) is 0 Å². The maximum absolute atomic E-state index is 11.6. The Balaban J connectivity index is 4.58. The maximum atomic E-state index is 11.6. The van der Waals surface area contributed by atoms with Crippen LogP contribution in [-0.2, 0) is 9.59 Å². The van der Waals surface area contributed by atoms with Gasteiger partial charge in [-0.25, -0.2) is 4.79 Å². The number of rotatable bonds is 3. The van der Waals surface area contributed by atoms with E-state index in [2.05, 4.69) is 5.32 Å². The second kappa shape index (κ2) is 4.18. The van der Waals surface area contributed by atoms with Gasteiger partial charge in [0.2, 0.25) is 5.91 Å². The quantitative estimate of drug-likeness (QED) is 0.634. The smallest absolute Gasteiger partial charge is 0.328 e. The average Bonchev–Trinajstić information content (AvgIpc) is 2.00. The van der Waals surface area contributed by atoms with Gasteiger partial charge >= 0.3 is 5.97 Å². The van der Waals surface area contributed by atoms with E-state index in [1.807, 2.05) is 20.8 Å². The third kappa shape index (κ3) is 3.87. The first-order valence-corrected chi connectivity index (χ1v) is 4.79. The lowest BCUT2D eigenvalue weighted by Gasteiger charge is -2.29. The SMILES string of the molecule is CC(C)(NC(=O)[C@H](N)C(C)(C)C)C(=O)O. The molecule has 1 atom stereocenters. The summed E-state index contributed by atoms with van der Waals surface area (Å²) in [6.45, 7) is 8.31. The summed E-state index contributed by atoms with van der Waals surface area (Å²) in [5, 5.41) is 11.2. The Morgan fingerprint density at radius 2 is 1.60 bits per heavy atom. The molecule has 1 amide bonds. The number of amides is 1. The fraction of sp³-hybridized carbons (Fsp3) is 0.800. The second-order valence-electron chi connectivity index (χ2n) is 5.26. The molecule has 88 valence electrons. The molecule has 0 rings (SSSR count). The van der Waals surface area contributed by atoms with Gasteiger partial charge in [-0.15, -0.1) is 0 Å². The fourth-order valence-electron chi connectivity index (χ4n) is 0.833. The van der Waals surface area contributed by atoms with E-state index in [9.17, 15) is 9.59 Å². The number of nitrogens with one attached hydrogen (secondary N) is 1. The Hall–Kier alpha value is -1.10. The van der Waals surface area contributed by atoms with Gasteiger partial charge in [-0.2, -0.15) is 0 Å². The van der Waals surface area contributed by atoms with Crippen molar-refractivity contribution < 1.29 is 14.7 Å². The molecule has 0 aromatic carbocycles. The van der Waals surface area contributed by atoms with Crippen molar-refractivity contribution in [3.05, 3.63) is 0 Å². The first kappa shape index (κ1) is 13.9. The predicted molar refractivity (Wildman–Crippen MR) is 57.3 cm³/mol. The summed E-state index contributed by atoms with van der Waals surface area (Å²) in [4.78, 5) is 22.4. The van der Waals surface area contributed by atoms with E-state index in [-0.39, 0.29) is 0 Å². The summed E-state index contributed by atoms with van der Waals surface area (Å²) in [5.74, 6) is -1.54. The Labute approximate surface area is 90.0 Å². The molecule has 0 saturated carbocycles. The molecule has 0 fully saturated rings. The number of nitrogens with two attached hydrogens (primary N) is 1. The number of hydrogen-bond acceptors (Lipinski definition) is 3. The molecular formula is C10H20N2O3. The molecule has 0 aromatic heterocycles. The fourth-order valence-corrected chi connectivity index (χ4v) is 0.833. The zero-order valence-electron chi connectivity index (χ0n) is 9.92. The van der Waals surface area contributed by atoms with Gasteiger partial charge < -0.3 is 16.2 Å². The van der Waals surface area contributed by atoms with Crippen LogP contribution in [0.3, 0.4) is 0 Å². The molecular weight excluding hydrogens is 196 g/mol. The minimum atomic E-state index is -1.29. The summed E-state index contributed by atoms with van der Waals surface area (Å²) in [6, 6.07) is -0.726. The predicted octanol–water partition coefficient (Wildman–Crippen LogP) is 0.339. The molecule has 0 aliphatic rings. The van der Waals surface area contributed by atoms with E-state index in [4.69, 9.17) is 10.8 Å². The van der Waals surface area contributed by atoms with Gasteiger partial charge in [0.25, 0.3) is 0 Å². The molecule has 0 saturated heterocycles. The van der Waals surface area contributed by atoms with Crippen molar-refractivity contribution in [3.63, 3.8) is 0 Å². The molecule has 15 heavy (non-hydrogen) atoms. The molecule has 5 nitrogen and oxygen atoms in total. The summed E-state index contributed by atoms with van der Waals surface area (Å²) >= 11 is 0. The maximum Gasteiger partial charge on any atom is 0.328 e. The van der Waals surface area contributed by atoms with Gasteiger partial charge in [-0.3, -0.25) is 4.79 Å². The van der Waals surface area contributed by atoms with Crippen molar-refractivity contribution >= 4 is 11.9 Å². The summed E-state index contributed by atoms with van der Waals surface area (Å²) < 4.78 is 0. The van der Waals surface area contributed by atoms with Crippen molar-refractivity contribution in [3.8, 4) is 0 Å². The van der Waals surface area contributed by atoms with Crippen LogP contribution in [0.1, 0.15) is 34.6 Å². The number of carbonyl (C=O) groups is 2. The minimum absolute atomic E-state index is 0.390. The minimum Gasteiger partial charge on any atom is -0.480 e. The number of aliphatic carboxylic acids is 1. The molecule has 0 aliphatic heterocycles. The highest BCUT2D eigenvalue weighted by Gasteiger charge is 2.34. The number of carbonyl (C=O) groups excluding carboxylic acids is 1. The van der Waals surface area contributed by atoms with Crippen molar-refractivity contribution in [2.75, 3.05) is 0 Å². The van der Waals surface area contributed by atoms with Gasteiger partial charge in [-0.05, 0) is 19.3 Å². The topological polar surface area (TPSA) is 92.4 Å². The molecule has 4 N–H and O–H groups in total. The largest absolute Gasteiger partial charge is 0.480 e. The Bertz CT molecular complexity index is 266. The zero-order valence-corrected chi connectivity index (χ0v) is 9.92. The van der Waals surface area contributed by atoms with Crippen molar-refractivity contribution in [1.29, 1.82) is 0 Å².